The lowest BCUT2D eigenvalue weighted by Gasteiger charge is -2.13. The van der Waals surface area contributed by atoms with Crippen molar-refractivity contribution in [1.29, 1.82) is 0 Å². The third-order valence-electron chi connectivity index (χ3n) is 3.18. The fourth-order valence-electron chi connectivity index (χ4n) is 1.92. The van der Waals surface area contributed by atoms with Crippen molar-refractivity contribution in [2.45, 2.75) is 13.0 Å². The third-order valence-corrected chi connectivity index (χ3v) is 3.73. The average Bonchev–Trinajstić information content (AvgIpc) is 2.54. The lowest BCUT2D eigenvalue weighted by molar-refractivity contribution is 0.0319. The molecule has 0 spiro atoms. The maximum atomic E-state index is 12.3. The van der Waals surface area contributed by atoms with Crippen LogP contribution in [0.4, 0.5) is 0 Å². The molecule has 120 valence electrons. The van der Waals surface area contributed by atoms with Gasteiger partial charge in [-0.1, -0.05) is 23.2 Å². The van der Waals surface area contributed by atoms with E-state index in [9.17, 15) is 9.59 Å². The Balaban J connectivity index is 2.09. The van der Waals surface area contributed by atoms with E-state index in [1.807, 2.05) is 0 Å². The Morgan fingerprint density at radius 1 is 1.04 bits per heavy atom. The molecule has 0 fully saturated rings. The van der Waals surface area contributed by atoms with Gasteiger partial charge in [-0.3, -0.25) is 4.79 Å². The van der Waals surface area contributed by atoms with Gasteiger partial charge < -0.3 is 9.47 Å². The summed E-state index contributed by atoms with van der Waals surface area (Å²) in [7, 11) is 1.54. The summed E-state index contributed by atoms with van der Waals surface area (Å²) in [6, 6.07) is 11.0. The zero-order valence-corrected chi connectivity index (χ0v) is 14.0. The zero-order valence-electron chi connectivity index (χ0n) is 12.5. The van der Waals surface area contributed by atoms with Crippen LogP contribution in [0, 0.1) is 0 Å². The highest BCUT2D eigenvalue weighted by atomic mass is 35.5. The van der Waals surface area contributed by atoms with Crippen molar-refractivity contribution in [3.63, 3.8) is 0 Å². The molecule has 0 aromatic heterocycles. The molecule has 2 aromatic carbocycles. The van der Waals surface area contributed by atoms with E-state index in [0.717, 1.165) is 0 Å². The van der Waals surface area contributed by atoms with Gasteiger partial charge in [0, 0.05) is 10.6 Å². The normalized spacial score (nSPS) is 11.7. The lowest BCUT2D eigenvalue weighted by atomic mass is 10.1. The number of halogens is 2. The first kappa shape index (κ1) is 17.3. The molecule has 0 saturated heterocycles. The summed E-state index contributed by atoms with van der Waals surface area (Å²) in [6.07, 6.45) is -0.942. The van der Waals surface area contributed by atoms with E-state index in [4.69, 9.17) is 32.7 Å². The summed E-state index contributed by atoms with van der Waals surface area (Å²) in [6.45, 7) is 1.51. The highest BCUT2D eigenvalue weighted by Crippen LogP contribution is 2.22. The summed E-state index contributed by atoms with van der Waals surface area (Å²) >= 11 is 11.7. The number of hydrogen-bond acceptors (Lipinski definition) is 4. The van der Waals surface area contributed by atoms with Crippen LogP contribution in [-0.4, -0.2) is 25.0 Å². The van der Waals surface area contributed by atoms with Gasteiger partial charge in [0.25, 0.3) is 0 Å². The van der Waals surface area contributed by atoms with E-state index >= 15 is 0 Å². The van der Waals surface area contributed by atoms with Crippen LogP contribution in [-0.2, 0) is 4.74 Å². The van der Waals surface area contributed by atoms with Gasteiger partial charge in [-0.15, -0.1) is 0 Å². The van der Waals surface area contributed by atoms with Crippen molar-refractivity contribution in [3.05, 3.63) is 63.6 Å². The van der Waals surface area contributed by atoms with E-state index in [2.05, 4.69) is 0 Å². The molecule has 0 amide bonds. The van der Waals surface area contributed by atoms with Gasteiger partial charge in [0.05, 0.1) is 17.7 Å². The van der Waals surface area contributed by atoms with Gasteiger partial charge in [-0.25, -0.2) is 4.79 Å². The molecule has 0 aliphatic carbocycles. The van der Waals surface area contributed by atoms with Crippen molar-refractivity contribution >= 4 is 35.0 Å². The lowest BCUT2D eigenvalue weighted by Crippen LogP contribution is -2.24. The van der Waals surface area contributed by atoms with Crippen LogP contribution in [0.25, 0.3) is 0 Å². The number of ketones is 1. The van der Waals surface area contributed by atoms with Crippen LogP contribution >= 0.6 is 23.2 Å². The van der Waals surface area contributed by atoms with E-state index < -0.39 is 12.1 Å². The number of Topliss-reactive ketones (excluding diaryl/α,β-unsaturated/α-hetero) is 1. The van der Waals surface area contributed by atoms with Crippen LogP contribution < -0.4 is 4.74 Å². The van der Waals surface area contributed by atoms with Crippen LogP contribution in [0.1, 0.15) is 27.6 Å². The minimum absolute atomic E-state index is 0.158. The maximum absolute atomic E-state index is 12.3. The van der Waals surface area contributed by atoms with E-state index in [0.29, 0.717) is 16.3 Å². The largest absolute Gasteiger partial charge is 0.497 e. The van der Waals surface area contributed by atoms with Crippen LogP contribution in [0.5, 0.6) is 5.75 Å². The van der Waals surface area contributed by atoms with Crippen molar-refractivity contribution in [2.75, 3.05) is 7.11 Å². The molecule has 0 aliphatic heterocycles. The standard InChI is InChI=1S/C17H14Cl2O4/c1-10(16(20)11-3-6-13(22-2)7-4-11)23-17(21)14-8-5-12(18)9-15(14)19/h3-10H,1-2H3/t10-/m1/s1. The van der Waals surface area contributed by atoms with E-state index in [-0.39, 0.29) is 16.4 Å². The fourth-order valence-corrected chi connectivity index (χ4v) is 2.41. The first-order chi connectivity index (χ1) is 10.9. The van der Waals surface area contributed by atoms with E-state index in [1.165, 1.54) is 32.2 Å². The predicted molar refractivity (Wildman–Crippen MR) is 88.7 cm³/mol. The van der Waals surface area contributed by atoms with Gasteiger partial charge in [0.2, 0.25) is 5.78 Å². The van der Waals surface area contributed by atoms with Gasteiger partial charge in [0.15, 0.2) is 6.10 Å². The summed E-state index contributed by atoms with van der Waals surface area (Å²) in [5.74, 6) is -0.355. The second kappa shape index (κ2) is 7.49. The molecule has 2 aromatic rings. The Hall–Kier alpha value is -2.04. The summed E-state index contributed by atoms with van der Waals surface area (Å²) in [5, 5.41) is 0.584. The highest BCUT2D eigenvalue weighted by molar-refractivity contribution is 6.36. The predicted octanol–water partition coefficient (Wildman–Crippen LogP) is 4.43. The topological polar surface area (TPSA) is 52.6 Å². The van der Waals surface area contributed by atoms with Gasteiger partial charge in [0.1, 0.15) is 5.75 Å². The van der Waals surface area contributed by atoms with Crippen molar-refractivity contribution in [1.82, 2.24) is 0 Å². The number of carbonyl (C=O) groups excluding carboxylic acids is 2. The highest BCUT2D eigenvalue weighted by Gasteiger charge is 2.21. The molecule has 2 rings (SSSR count). The second-order valence-electron chi connectivity index (χ2n) is 4.76. The molecule has 4 nitrogen and oxygen atoms in total. The van der Waals surface area contributed by atoms with Crippen molar-refractivity contribution in [3.8, 4) is 5.75 Å². The van der Waals surface area contributed by atoms with Crippen molar-refractivity contribution < 1.29 is 19.1 Å². The Bertz CT molecular complexity index is 726. The molecule has 0 saturated carbocycles. The summed E-state index contributed by atoms with van der Waals surface area (Å²) in [4.78, 5) is 24.4. The Kier molecular flexibility index (Phi) is 5.64. The van der Waals surface area contributed by atoms with Crippen molar-refractivity contribution in [2.24, 2.45) is 0 Å². The first-order valence-corrected chi connectivity index (χ1v) is 7.52. The minimum Gasteiger partial charge on any atom is -0.497 e. The Morgan fingerprint density at radius 3 is 2.26 bits per heavy atom. The number of ether oxygens (including phenoxy) is 2. The molecule has 0 unspecified atom stereocenters. The first-order valence-electron chi connectivity index (χ1n) is 6.76. The summed E-state index contributed by atoms with van der Waals surface area (Å²) < 4.78 is 10.2. The van der Waals surface area contributed by atoms with E-state index in [1.54, 1.807) is 24.3 Å². The SMILES string of the molecule is COc1ccc(C(=O)[C@@H](C)OC(=O)c2ccc(Cl)cc2Cl)cc1. The average molecular weight is 353 g/mol. The molecule has 1 atom stereocenters. The molecule has 0 heterocycles. The number of esters is 1. The number of hydrogen-bond donors (Lipinski definition) is 0. The number of methoxy groups -OCH3 is 1. The van der Waals surface area contributed by atoms with Crippen LogP contribution in [0.2, 0.25) is 10.0 Å². The maximum Gasteiger partial charge on any atom is 0.340 e. The zero-order chi connectivity index (χ0) is 17.0. The van der Waals surface area contributed by atoms with Crippen LogP contribution in [0.3, 0.4) is 0 Å². The number of benzene rings is 2. The molecule has 0 aliphatic rings. The second-order valence-corrected chi connectivity index (χ2v) is 5.61. The Labute approximate surface area is 143 Å². The van der Waals surface area contributed by atoms with Gasteiger partial charge in [-0.2, -0.15) is 0 Å². The minimum atomic E-state index is -0.942. The molecule has 0 N–H and O–H groups in total. The summed E-state index contributed by atoms with van der Waals surface area (Å²) in [5.41, 5.74) is 0.582. The molecule has 0 radical (unpaired) electrons. The quantitative estimate of drug-likeness (QED) is 0.589. The molecule has 6 heteroatoms. The third kappa shape index (κ3) is 4.24. The molecular formula is C17H14Cl2O4. The Morgan fingerprint density at radius 2 is 1.70 bits per heavy atom. The molecule has 23 heavy (non-hydrogen) atoms. The molecule has 0 bridgehead atoms. The number of rotatable bonds is 5. The van der Waals surface area contributed by atoms with Gasteiger partial charge in [-0.05, 0) is 49.4 Å². The smallest absolute Gasteiger partial charge is 0.340 e. The molecular weight excluding hydrogens is 339 g/mol. The van der Waals surface area contributed by atoms with Crippen LogP contribution in [0.15, 0.2) is 42.5 Å². The number of carbonyl (C=O) groups is 2. The monoisotopic (exact) mass is 352 g/mol. The fraction of sp³-hybridized carbons (Fsp3) is 0.176. The van der Waals surface area contributed by atoms with Gasteiger partial charge >= 0.3 is 5.97 Å².